The summed E-state index contributed by atoms with van der Waals surface area (Å²) in [7, 11) is 1.59. The first-order valence-corrected chi connectivity index (χ1v) is 10.7. The van der Waals surface area contributed by atoms with Crippen molar-refractivity contribution in [2.24, 2.45) is 5.92 Å². The molecule has 0 radical (unpaired) electrons. The van der Waals surface area contributed by atoms with E-state index in [2.05, 4.69) is 16.9 Å². The highest BCUT2D eigenvalue weighted by Gasteiger charge is 2.48. The summed E-state index contributed by atoms with van der Waals surface area (Å²) in [6.45, 7) is 0. The van der Waals surface area contributed by atoms with Crippen LogP contribution < -0.4 is 14.4 Å². The highest BCUT2D eigenvalue weighted by atomic mass is 19.4. The van der Waals surface area contributed by atoms with E-state index >= 15 is 0 Å². The van der Waals surface area contributed by atoms with Gasteiger partial charge in [-0.25, -0.2) is 0 Å². The molecule has 1 fully saturated rings. The Morgan fingerprint density at radius 2 is 1.52 bits per heavy atom. The number of alkyl halides is 3. The summed E-state index contributed by atoms with van der Waals surface area (Å²) in [5.74, 6) is 0.159. The van der Waals surface area contributed by atoms with Crippen molar-refractivity contribution < 1.29 is 27.4 Å². The normalized spacial score (nSPS) is 18.1. The smallest absolute Gasteiger partial charge is 0.497 e. The molecule has 0 aliphatic carbocycles. The van der Waals surface area contributed by atoms with Crippen molar-refractivity contribution in [3.8, 4) is 11.5 Å². The van der Waals surface area contributed by atoms with Crippen LogP contribution in [0.15, 0.2) is 78.9 Å². The summed E-state index contributed by atoms with van der Waals surface area (Å²) >= 11 is 0. The van der Waals surface area contributed by atoms with E-state index in [-0.39, 0.29) is 23.6 Å². The Bertz CT molecular complexity index is 1070. The van der Waals surface area contributed by atoms with E-state index in [1.165, 1.54) is 29.8 Å². The number of amides is 1. The fraction of sp³-hybridized carbons (Fsp3) is 0.269. The first-order valence-electron chi connectivity index (χ1n) is 10.7. The van der Waals surface area contributed by atoms with Crippen LogP contribution in [0.5, 0.6) is 11.5 Å². The zero-order chi connectivity index (χ0) is 23.4. The lowest BCUT2D eigenvalue weighted by atomic mass is 9.78. The highest BCUT2D eigenvalue weighted by molar-refractivity contribution is 6.03. The maximum Gasteiger partial charge on any atom is 0.573 e. The molecule has 1 saturated heterocycles. The van der Waals surface area contributed by atoms with Crippen LogP contribution in [-0.2, 0) is 11.2 Å². The van der Waals surface area contributed by atoms with E-state index in [9.17, 15) is 18.0 Å². The maximum absolute atomic E-state index is 13.1. The van der Waals surface area contributed by atoms with E-state index in [1.807, 2.05) is 42.5 Å². The molecule has 4 nitrogen and oxygen atoms in total. The molecule has 33 heavy (non-hydrogen) atoms. The van der Waals surface area contributed by atoms with Crippen LogP contribution >= 0.6 is 0 Å². The zero-order valence-corrected chi connectivity index (χ0v) is 18.1. The average Bonchev–Trinajstić information content (AvgIpc) is 2.81. The predicted octanol–water partition coefficient (Wildman–Crippen LogP) is 6.32. The van der Waals surface area contributed by atoms with Crippen molar-refractivity contribution in [2.45, 2.75) is 31.7 Å². The molecule has 1 aliphatic heterocycles. The minimum atomic E-state index is -4.76. The number of carbonyl (C=O) groups excluding carboxylic acids is 1. The molecule has 0 spiro atoms. The van der Waals surface area contributed by atoms with E-state index in [0.717, 1.165) is 24.8 Å². The van der Waals surface area contributed by atoms with E-state index in [1.54, 1.807) is 12.0 Å². The molecule has 0 bridgehead atoms. The molecule has 4 rings (SSSR count). The fourth-order valence-corrected chi connectivity index (χ4v) is 4.28. The number of rotatable bonds is 8. The lowest BCUT2D eigenvalue weighted by Gasteiger charge is -2.47. The fourth-order valence-electron chi connectivity index (χ4n) is 4.28. The van der Waals surface area contributed by atoms with Gasteiger partial charge >= 0.3 is 6.36 Å². The largest absolute Gasteiger partial charge is 0.573 e. The van der Waals surface area contributed by atoms with Crippen LogP contribution in [0, 0.1) is 5.92 Å². The second-order valence-corrected chi connectivity index (χ2v) is 7.95. The Labute approximate surface area is 190 Å². The minimum absolute atomic E-state index is 0.0339. The van der Waals surface area contributed by atoms with Crippen LogP contribution in [0.3, 0.4) is 0 Å². The van der Waals surface area contributed by atoms with Crippen LogP contribution in [-0.4, -0.2) is 19.4 Å². The molecule has 1 heterocycles. The van der Waals surface area contributed by atoms with Crippen LogP contribution in [0.25, 0.3) is 0 Å². The summed E-state index contributed by atoms with van der Waals surface area (Å²) in [4.78, 5) is 14.8. The van der Waals surface area contributed by atoms with Gasteiger partial charge in [0.1, 0.15) is 11.5 Å². The van der Waals surface area contributed by atoms with Gasteiger partial charge in [-0.3, -0.25) is 4.79 Å². The molecular weight excluding hydrogens is 431 g/mol. The van der Waals surface area contributed by atoms with Crippen molar-refractivity contribution in [2.75, 3.05) is 12.0 Å². The number of anilines is 1. The second kappa shape index (κ2) is 9.57. The van der Waals surface area contributed by atoms with Gasteiger partial charge in [0.25, 0.3) is 0 Å². The summed E-state index contributed by atoms with van der Waals surface area (Å²) < 4.78 is 46.6. The Hall–Kier alpha value is -3.48. The van der Waals surface area contributed by atoms with Crippen LogP contribution in [0.2, 0.25) is 0 Å². The van der Waals surface area contributed by atoms with E-state index in [0.29, 0.717) is 11.4 Å². The number of benzene rings is 3. The number of methoxy groups -OCH3 is 1. The van der Waals surface area contributed by atoms with Crippen molar-refractivity contribution in [3.63, 3.8) is 0 Å². The number of hydrogen-bond donors (Lipinski definition) is 0. The Morgan fingerprint density at radius 3 is 2.12 bits per heavy atom. The van der Waals surface area contributed by atoms with Crippen molar-refractivity contribution in [1.82, 2.24) is 0 Å². The second-order valence-electron chi connectivity index (χ2n) is 7.95. The Morgan fingerprint density at radius 1 is 0.879 bits per heavy atom. The molecule has 1 aliphatic rings. The lowest BCUT2D eigenvalue weighted by molar-refractivity contribution is -0.274. The number of nitrogens with zero attached hydrogens (tertiary/aromatic N) is 1. The van der Waals surface area contributed by atoms with E-state index in [4.69, 9.17) is 4.74 Å². The molecule has 0 unspecified atom stereocenters. The molecule has 0 N–H and O–H groups in total. The Balaban J connectivity index is 1.53. The number of ether oxygens (including phenoxy) is 2. The molecule has 0 saturated carbocycles. The topological polar surface area (TPSA) is 38.8 Å². The number of aryl methyl sites for hydroxylation is 1. The van der Waals surface area contributed by atoms with Crippen molar-refractivity contribution in [3.05, 3.63) is 90.0 Å². The SMILES string of the molecule is COc1ccc([C@@H]2[C@@H](CCCc3ccccc3)C(=O)N2c2ccc(OC(F)(F)F)cc2)cc1. The van der Waals surface area contributed by atoms with Crippen molar-refractivity contribution in [1.29, 1.82) is 0 Å². The van der Waals surface area contributed by atoms with Gasteiger partial charge in [-0.15, -0.1) is 13.2 Å². The number of β-lactam (4-membered cyclic amide) rings is 1. The molecule has 7 heteroatoms. The number of hydrogen-bond acceptors (Lipinski definition) is 3. The van der Waals surface area contributed by atoms with E-state index < -0.39 is 6.36 Å². The summed E-state index contributed by atoms with van der Waals surface area (Å²) in [6.07, 6.45) is -2.30. The molecule has 2 atom stereocenters. The molecule has 1 amide bonds. The van der Waals surface area contributed by atoms with Crippen LogP contribution in [0.1, 0.15) is 30.0 Å². The van der Waals surface area contributed by atoms with Gasteiger partial charge in [0.2, 0.25) is 5.91 Å². The quantitative estimate of drug-likeness (QED) is 0.373. The minimum Gasteiger partial charge on any atom is -0.497 e. The third-order valence-corrected chi connectivity index (χ3v) is 5.84. The first kappa shape index (κ1) is 22.7. The third kappa shape index (κ3) is 5.30. The van der Waals surface area contributed by atoms with Crippen molar-refractivity contribution >= 4 is 11.6 Å². The highest BCUT2D eigenvalue weighted by Crippen LogP contribution is 2.46. The predicted molar refractivity (Wildman–Crippen MR) is 119 cm³/mol. The monoisotopic (exact) mass is 455 g/mol. The molecule has 3 aromatic rings. The third-order valence-electron chi connectivity index (χ3n) is 5.84. The Kier molecular flexibility index (Phi) is 6.58. The van der Waals surface area contributed by atoms with Crippen LogP contribution in [0.4, 0.5) is 18.9 Å². The number of carbonyl (C=O) groups is 1. The van der Waals surface area contributed by atoms with Gasteiger partial charge in [-0.1, -0.05) is 42.5 Å². The average molecular weight is 455 g/mol. The van der Waals surface area contributed by atoms with Gasteiger partial charge in [-0.05, 0) is 66.8 Å². The van der Waals surface area contributed by atoms with Gasteiger partial charge in [-0.2, -0.15) is 0 Å². The molecule has 0 aromatic heterocycles. The zero-order valence-electron chi connectivity index (χ0n) is 18.1. The van der Waals surface area contributed by atoms with Gasteiger partial charge < -0.3 is 14.4 Å². The van der Waals surface area contributed by atoms with Gasteiger partial charge in [0.15, 0.2) is 0 Å². The molecule has 3 aromatic carbocycles. The standard InChI is InChI=1S/C26H24F3NO3/c1-32-21-14-10-19(11-15-21)24-23(9-5-8-18-6-3-2-4-7-18)25(31)30(24)20-12-16-22(17-13-20)33-26(27,28)29/h2-4,6-7,10-17,23-24H,5,8-9H2,1H3/t23-,24-/m1/s1. The summed E-state index contributed by atoms with van der Waals surface area (Å²) in [6, 6.07) is 22.9. The summed E-state index contributed by atoms with van der Waals surface area (Å²) in [5, 5.41) is 0. The van der Waals surface area contributed by atoms with Gasteiger partial charge in [0, 0.05) is 5.69 Å². The lowest BCUT2D eigenvalue weighted by Crippen LogP contribution is -2.55. The number of halogens is 3. The molecule has 172 valence electrons. The first-order chi connectivity index (χ1) is 15.9. The van der Waals surface area contributed by atoms with Gasteiger partial charge in [0.05, 0.1) is 19.1 Å². The molecular formula is C26H24F3NO3. The summed E-state index contributed by atoms with van der Waals surface area (Å²) in [5.41, 5.74) is 2.72. The maximum atomic E-state index is 13.1.